The average molecular weight is 439 g/mol. The minimum Gasteiger partial charge on any atom is -0.289 e. The Labute approximate surface area is 189 Å². The van der Waals surface area contributed by atoms with Crippen LogP contribution in [-0.4, -0.2) is 11.6 Å². The molecule has 0 fully saturated rings. The van der Waals surface area contributed by atoms with E-state index in [0.717, 1.165) is 19.6 Å². The topological polar surface area (TPSA) is 34.1 Å². The number of carbonyl (C=O) groups is 2. The van der Waals surface area contributed by atoms with Gasteiger partial charge in [-0.3, -0.25) is 9.59 Å². The molecule has 5 rings (SSSR count). The molecule has 4 aromatic carbocycles. The van der Waals surface area contributed by atoms with Gasteiger partial charge in [-0.2, -0.15) is 0 Å². The van der Waals surface area contributed by atoms with Crippen molar-refractivity contribution in [2.45, 2.75) is 26.5 Å². The van der Waals surface area contributed by atoms with Gasteiger partial charge in [0, 0.05) is 41.8 Å². The molecule has 0 heterocycles. The van der Waals surface area contributed by atoms with Crippen LogP contribution >= 0.6 is 23.5 Å². The number of ketones is 2. The van der Waals surface area contributed by atoms with Crippen molar-refractivity contribution < 1.29 is 9.59 Å². The van der Waals surface area contributed by atoms with Crippen molar-refractivity contribution in [1.82, 2.24) is 0 Å². The van der Waals surface area contributed by atoms with E-state index < -0.39 is 0 Å². The molecule has 0 saturated carbocycles. The first kappa shape index (κ1) is 19.9. The minimum absolute atomic E-state index is 0.0877. The molecule has 0 unspecified atom stereocenters. The molecule has 150 valence electrons. The van der Waals surface area contributed by atoms with E-state index in [1.54, 1.807) is 12.1 Å². The maximum Gasteiger partial charge on any atom is 0.195 e. The zero-order valence-electron chi connectivity index (χ0n) is 16.8. The molecule has 0 spiro atoms. The lowest BCUT2D eigenvalue weighted by Gasteiger charge is -2.22. The summed E-state index contributed by atoms with van der Waals surface area (Å²) in [5.74, 6) is -0.176. The van der Waals surface area contributed by atoms with Gasteiger partial charge in [-0.25, -0.2) is 0 Å². The quantitative estimate of drug-likeness (QED) is 0.300. The summed E-state index contributed by atoms with van der Waals surface area (Å²) in [7, 11) is 0. The summed E-state index contributed by atoms with van der Waals surface area (Å²) in [6, 6.07) is 29.2. The fourth-order valence-electron chi connectivity index (χ4n) is 3.70. The van der Waals surface area contributed by atoms with E-state index in [-0.39, 0.29) is 11.6 Å². The van der Waals surface area contributed by atoms with E-state index in [2.05, 4.69) is 0 Å². The molecular formula is C27H18O2S2. The highest BCUT2D eigenvalue weighted by Crippen LogP contribution is 2.41. The standard InChI is InChI=1S/C27H18O2S2/c1-17-13-15-19(16-14-17)31-23-12-6-10-21-25(23)27(29)20-9-5-11-22(24(20)26(21)28)30-18-7-3-2-4-8-18/h2-16H,1H3. The van der Waals surface area contributed by atoms with Gasteiger partial charge >= 0.3 is 0 Å². The first-order valence-electron chi connectivity index (χ1n) is 9.94. The number of benzene rings is 4. The fourth-order valence-corrected chi connectivity index (χ4v) is 5.67. The zero-order chi connectivity index (χ0) is 21.4. The summed E-state index contributed by atoms with van der Waals surface area (Å²) in [6.07, 6.45) is 0. The number of rotatable bonds is 4. The monoisotopic (exact) mass is 438 g/mol. The number of hydrogen-bond acceptors (Lipinski definition) is 4. The molecule has 1 aliphatic carbocycles. The van der Waals surface area contributed by atoms with Gasteiger partial charge in [0.05, 0.1) is 0 Å². The van der Waals surface area contributed by atoms with Crippen LogP contribution < -0.4 is 0 Å². The maximum atomic E-state index is 13.5. The Morgan fingerprint density at radius 3 is 1.52 bits per heavy atom. The number of hydrogen-bond donors (Lipinski definition) is 0. The number of aryl methyl sites for hydroxylation is 1. The smallest absolute Gasteiger partial charge is 0.195 e. The first-order chi connectivity index (χ1) is 15.1. The van der Waals surface area contributed by atoms with Gasteiger partial charge < -0.3 is 0 Å². The number of carbonyl (C=O) groups excluding carboxylic acids is 2. The highest BCUT2D eigenvalue weighted by molar-refractivity contribution is 7.99. The Morgan fingerprint density at radius 1 is 0.516 bits per heavy atom. The average Bonchev–Trinajstić information content (AvgIpc) is 2.79. The molecule has 0 aromatic heterocycles. The third-order valence-electron chi connectivity index (χ3n) is 5.22. The fraction of sp³-hybridized carbons (Fsp3) is 0.0370. The van der Waals surface area contributed by atoms with Crippen molar-refractivity contribution in [3.05, 3.63) is 119 Å². The molecule has 0 atom stereocenters. The van der Waals surface area contributed by atoms with Crippen molar-refractivity contribution in [3.63, 3.8) is 0 Å². The minimum atomic E-state index is -0.0880. The predicted octanol–water partition coefficient (Wildman–Crippen LogP) is 7.07. The van der Waals surface area contributed by atoms with Crippen molar-refractivity contribution in [3.8, 4) is 0 Å². The van der Waals surface area contributed by atoms with Gasteiger partial charge in [-0.05, 0) is 43.3 Å². The van der Waals surface area contributed by atoms with E-state index in [9.17, 15) is 9.59 Å². The van der Waals surface area contributed by atoms with E-state index in [0.29, 0.717) is 22.3 Å². The van der Waals surface area contributed by atoms with Gasteiger partial charge in [0.15, 0.2) is 11.6 Å². The van der Waals surface area contributed by atoms with Gasteiger partial charge in [-0.15, -0.1) is 0 Å². The third-order valence-corrected chi connectivity index (χ3v) is 7.35. The normalized spacial score (nSPS) is 12.4. The second kappa shape index (κ2) is 8.22. The van der Waals surface area contributed by atoms with Crippen LogP contribution in [0.25, 0.3) is 0 Å². The van der Waals surface area contributed by atoms with Gasteiger partial charge in [0.1, 0.15) is 0 Å². The Morgan fingerprint density at radius 2 is 1.00 bits per heavy atom. The Kier molecular flexibility index (Phi) is 5.26. The molecule has 4 aromatic rings. The van der Waals surface area contributed by atoms with Crippen molar-refractivity contribution in [1.29, 1.82) is 0 Å². The molecule has 0 aliphatic heterocycles. The van der Waals surface area contributed by atoms with Crippen LogP contribution in [-0.2, 0) is 0 Å². The molecule has 2 nitrogen and oxygen atoms in total. The molecule has 1 aliphatic rings. The Hall–Kier alpha value is -3.08. The molecule has 0 amide bonds. The second-order valence-electron chi connectivity index (χ2n) is 7.35. The van der Waals surface area contributed by atoms with Gasteiger partial charge in [0.2, 0.25) is 0 Å². The zero-order valence-corrected chi connectivity index (χ0v) is 18.4. The summed E-state index contributed by atoms with van der Waals surface area (Å²) in [6.45, 7) is 2.04. The summed E-state index contributed by atoms with van der Waals surface area (Å²) < 4.78 is 0. The lowest BCUT2D eigenvalue weighted by Crippen LogP contribution is -2.22. The predicted molar refractivity (Wildman–Crippen MR) is 126 cm³/mol. The van der Waals surface area contributed by atoms with Crippen molar-refractivity contribution in [2.75, 3.05) is 0 Å². The highest BCUT2D eigenvalue weighted by Gasteiger charge is 2.33. The first-order valence-corrected chi connectivity index (χ1v) is 11.6. The van der Waals surface area contributed by atoms with E-state index in [1.807, 2.05) is 85.8 Å². The van der Waals surface area contributed by atoms with Crippen LogP contribution in [0, 0.1) is 6.92 Å². The number of fused-ring (bicyclic) bond motifs is 2. The molecule has 4 heteroatoms. The summed E-state index contributed by atoms with van der Waals surface area (Å²) in [5.41, 5.74) is 3.16. The van der Waals surface area contributed by atoms with Crippen LogP contribution in [0.4, 0.5) is 0 Å². The lowest BCUT2D eigenvalue weighted by atomic mass is 9.84. The summed E-state index contributed by atoms with van der Waals surface area (Å²) >= 11 is 3.03. The van der Waals surface area contributed by atoms with Crippen LogP contribution in [0.15, 0.2) is 111 Å². The molecule has 0 radical (unpaired) electrons. The Bertz CT molecular complexity index is 1310. The lowest BCUT2D eigenvalue weighted by molar-refractivity contribution is 0.0974. The summed E-state index contributed by atoms with van der Waals surface area (Å²) in [4.78, 5) is 30.8. The van der Waals surface area contributed by atoms with Crippen LogP contribution in [0.1, 0.15) is 37.4 Å². The third kappa shape index (κ3) is 3.73. The molecule has 0 bridgehead atoms. The van der Waals surface area contributed by atoms with E-state index in [4.69, 9.17) is 0 Å². The molecule has 31 heavy (non-hydrogen) atoms. The highest BCUT2D eigenvalue weighted by atomic mass is 32.2. The SMILES string of the molecule is Cc1ccc(Sc2cccc3c2C(=O)c2cccc(Sc4ccccc4)c2C3=O)cc1. The van der Waals surface area contributed by atoms with E-state index >= 15 is 0 Å². The molecule has 0 N–H and O–H groups in total. The van der Waals surface area contributed by atoms with Crippen molar-refractivity contribution >= 4 is 35.1 Å². The Balaban J connectivity index is 1.58. The largest absolute Gasteiger partial charge is 0.289 e. The molecule has 0 saturated heterocycles. The van der Waals surface area contributed by atoms with Crippen molar-refractivity contribution in [2.24, 2.45) is 0 Å². The van der Waals surface area contributed by atoms with Gasteiger partial charge in [0.25, 0.3) is 0 Å². The van der Waals surface area contributed by atoms with E-state index in [1.165, 1.54) is 29.1 Å². The van der Waals surface area contributed by atoms with Crippen LogP contribution in [0.5, 0.6) is 0 Å². The van der Waals surface area contributed by atoms with Crippen LogP contribution in [0.2, 0.25) is 0 Å². The summed E-state index contributed by atoms with van der Waals surface area (Å²) in [5, 5.41) is 0. The molecular weight excluding hydrogens is 420 g/mol. The second-order valence-corrected chi connectivity index (χ2v) is 9.58. The maximum absolute atomic E-state index is 13.5. The van der Waals surface area contributed by atoms with Crippen LogP contribution in [0.3, 0.4) is 0 Å². The van der Waals surface area contributed by atoms with Gasteiger partial charge in [-0.1, -0.05) is 83.7 Å².